The predicted octanol–water partition coefficient (Wildman–Crippen LogP) is 0.210. The summed E-state index contributed by atoms with van der Waals surface area (Å²) in [7, 11) is 0. The largest absolute Gasteiger partial charge is 0.548 e. The van der Waals surface area contributed by atoms with Crippen LogP contribution < -0.4 is 5.11 Å². The number of rotatable bonds is 4. The molecule has 0 spiro atoms. The molecule has 4 nitrogen and oxygen atoms in total. The first-order valence-corrected chi connectivity index (χ1v) is 4.43. The number of carbonyl (C=O) groups excluding carboxylic acids is 1. The monoisotopic (exact) mass is 227 g/mol. The van der Waals surface area contributed by atoms with Gasteiger partial charge in [0, 0.05) is 6.42 Å². The Balaban J connectivity index is 2.24. The van der Waals surface area contributed by atoms with Gasteiger partial charge in [0.1, 0.15) is 0 Å². The lowest BCUT2D eigenvalue weighted by Gasteiger charge is -2.15. The molecular formula is C8H10F3O4-. The van der Waals surface area contributed by atoms with E-state index in [1.807, 2.05) is 0 Å². The van der Waals surface area contributed by atoms with Crippen LogP contribution in [0.3, 0.4) is 0 Å². The van der Waals surface area contributed by atoms with Crippen LogP contribution in [0.1, 0.15) is 19.3 Å². The maximum atomic E-state index is 11.8. The van der Waals surface area contributed by atoms with Crippen molar-refractivity contribution in [3.63, 3.8) is 0 Å². The molecule has 1 rings (SSSR count). The van der Waals surface area contributed by atoms with Crippen LogP contribution in [0.25, 0.3) is 0 Å². The number of halogens is 3. The molecule has 7 heteroatoms. The normalized spacial score (nSPS) is 26.9. The van der Waals surface area contributed by atoms with Crippen LogP contribution in [0.2, 0.25) is 0 Å². The number of hydrogen-bond acceptors (Lipinski definition) is 4. The minimum Gasteiger partial charge on any atom is -0.548 e. The third-order valence-corrected chi connectivity index (χ3v) is 2.07. The zero-order chi connectivity index (χ0) is 11.5. The van der Waals surface area contributed by atoms with Gasteiger partial charge in [0.05, 0.1) is 24.8 Å². The fourth-order valence-electron chi connectivity index (χ4n) is 1.53. The first kappa shape index (κ1) is 12.3. The van der Waals surface area contributed by atoms with Crippen molar-refractivity contribution >= 4 is 5.97 Å². The van der Waals surface area contributed by atoms with Crippen LogP contribution in [0.15, 0.2) is 0 Å². The lowest BCUT2D eigenvalue weighted by molar-refractivity contribution is -0.342. The molecule has 88 valence electrons. The molecule has 0 N–H and O–H groups in total. The van der Waals surface area contributed by atoms with Crippen molar-refractivity contribution in [1.29, 1.82) is 0 Å². The standard InChI is InChI=1S/C8H11F3O4/c9-8(10,11)15-6-2-1-5(3-6)14-4-7(12)13/h5-6H,1-4H2,(H,12,13)/p-1. The molecule has 0 radical (unpaired) electrons. The van der Waals surface area contributed by atoms with Crippen molar-refractivity contribution in [3.8, 4) is 0 Å². The number of hydrogen-bond donors (Lipinski definition) is 0. The topological polar surface area (TPSA) is 58.6 Å². The summed E-state index contributed by atoms with van der Waals surface area (Å²) in [4.78, 5) is 10.0. The third kappa shape index (κ3) is 4.98. The highest BCUT2D eigenvalue weighted by atomic mass is 19.4. The predicted molar refractivity (Wildman–Crippen MR) is 39.5 cm³/mol. The first-order valence-electron chi connectivity index (χ1n) is 4.43. The van der Waals surface area contributed by atoms with E-state index < -0.39 is 31.1 Å². The second kappa shape index (κ2) is 4.80. The summed E-state index contributed by atoms with van der Waals surface area (Å²) in [5, 5.41) is 10.0. The average molecular weight is 227 g/mol. The zero-order valence-corrected chi connectivity index (χ0v) is 7.75. The van der Waals surface area contributed by atoms with Crippen LogP contribution in [0.4, 0.5) is 13.2 Å². The summed E-state index contributed by atoms with van der Waals surface area (Å²) >= 11 is 0. The summed E-state index contributed by atoms with van der Waals surface area (Å²) in [5.41, 5.74) is 0. The maximum Gasteiger partial charge on any atom is 0.522 e. The summed E-state index contributed by atoms with van der Waals surface area (Å²) in [6, 6.07) is 0. The molecule has 0 aromatic heterocycles. The van der Waals surface area contributed by atoms with Gasteiger partial charge in [0.25, 0.3) is 0 Å². The molecule has 1 aliphatic rings. The quantitative estimate of drug-likeness (QED) is 0.688. The van der Waals surface area contributed by atoms with Gasteiger partial charge in [0.15, 0.2) is 0 Å². The Labute approximate surface area is 84.0 Å². The second-order valence-electron chi connectivity index (χ2n) is 3.30. The molecule has 1 saturated carbocycles. The number of aliphatic carboxylic acids is 1. The van der Waals surface area contributed by atoms with E-state index >= 15 is 0 Å². The summed E-state index contributed by atoms with van der Waals surface area (Å²) in [6.07, 6.45) is -5.42. The average Bonchev–Trinajstić information content (AvgIpc) is 2.45. The third-order valence-electron chi connectivity index (χ3n) is 2.07. The van der Waals surface area contributed by atoms with E-state index in [-0.39, 0.29) is 12.8 Å². The minimum atomic E-state index is -4.64. The SMILES string of the molecule is O=C([O-])COC1CCC(OC(F)(F)F)C1. The van der Waals surface area contributed by atoms with Crippen LogP contribution in [0.5, 0.6) is 0 Å². The Hall–Kier alpha value is -0.820. The zero-order valence-electron chi connectivity index (χ0n) is 7.75. The molecule has 2 unspecified atom stereocenters. The number of carboxylic acid groups (broad SMARTS) is 1. The van der Waals surface area contributed by atoms with E-state index in [0.29, 0.717) is 6.42 Å². The Morgan fingerprint density at radius 1 is 1.33 bits per heavy atom. The van der Waals surface area contributed by atoms with Crippen molar-refractivity contribution in [2.45, 2.75) is 37.8 Å². The van der Waals surface area contributed by atoms with Crippen LogP contribution in [-0.4, -0.2) is 31.1 Å². The second-order valence-corrected chi connectivity index (χ2v) is 3.30. The molecule has 15 heavy (non-hydrogen) atoms. The fourth-order valence-corrected chi connectivity index (χ4v) is 1.53. The van der Waals surface area contributed by atoms with Gasteiger partial charge in [-0.15, -0.1) is 13.2 Å². The van der Waals surface area contributed by atoms with Gasteiger partial charge in [-0.3, -0.25) is 4.74 Å². The van der Waals surface area contributed by atoms with Gasteiger partial charge in [-0.25, -0.2) is 0 Å². The smallest absolute Gasteiger partial charge is 0.522 e. The lowest BCUT2D eigenvalue weighted by Crippen LogP contribution is -2.30. The first-order chi connectivity index (χ1) is 6.87. The number of carbonyl (C=O) groups is 1. The molecule has 0 heterocycles. The number of alkyl halides is 3. The van der Waals surface area contributed by atoms with Crippen molar-refractivity contribution < 1.29 is 32.5 Å². The number of carboxylic acids is 1. The summed E-state index contributed by atoms with van der Waals surface area (Å²) < 4.78 is 43.9. The van der Waals surface area contributed by atoms with Gasteiger partial charge < -0.3 is 14.6 Å². The molecule has 2 atom stereocenters. The van der Waals surface area contributed by atoms with Crippen molar-refractivity contribution in [1.82, 2.24) is 0 Å². The van der Waals surface area contributed by atoms with Crippen molar-refractivity contribution in [3.05, 3.63) is 0 Å². The Kier molecular flexibility index (Phi) is 3.92. The highest BCUT2D eigenvalue weighted by molar-refractivity contribution is 5.65. The van der Waals surface area contributed by atoms with Gasteiger partial charge in [0.2, 0.25) is 0 Å². The van der Waals surface area contributed by atoms with E-state index in [9.17, 15) is 23.1 Å². The molecule has 1 fully saturated rings. The highest BCUT2D eigenvalue weighted by Gasteiger charge is 2.37. The molecule has 1 aliphatic carbocycles. The van der Waals surface area contributed by atoms with Crippen molar-refractivity contribution in [2.24, 2.45) is 0 Å². The Morgan fingerprint density at radius 3 is 2.47 bits per heavy atom. The van der Waals surface area contributed by atoms with Crippen LogP contribution in [-0.2, 0) is 14.3 Å². The minimum absolute atomic E-state index is 0.0623. The van der Waals surface area contributed by atoms with E-state index in [1.165, 1.54) is 0 Å². The molecule has 0 aromatic rings. The van der Waals surface area contributed by atoms with Gasteiger partial charge >= 0.3 is 6.36 Å². The lowest BCUT2D eigenvalue weighted by atomic mass is 10.3. The molecule has 0 aromatic carbocycles. The number of ether oxygens (including phenoxy) is 2. The van der Waals surface area contributed by atoms with Gasteiger partial charge in [-0.2, -0.15) is 0 Å². The Morgan fingerprint density at radius 2 is 1.93 bits per heavy atom. The van der Waals surface area contributed by atoms with Gasteiger partial charge in [-0.1, -0.05) is 0 Å². The van der Waals surface area contributed by atoms with Crippen LogP contribution >= 0.6 is 0 Å². The molecule has 0 aliphatic heterocycles. The van der Waals surface area contributed by atoms with E-state index in [4.69, 9.17) is 4.74 Å². The summed E-state index contributed by atoms with van der Waals surface area (Å²) in [6.45, 7) is -0.594. The molecule has 0 amide bonds. The van der Waals surface area contributed by atoms with Crippen LogP contribution in [0, 0.1) is 0 Å². The van der Waals surface area contributed by atoms with E-state index in [1.54, 1.807) is 0 Å². The fraction of sp³-hybridized carbons (Fsp3) is 0.875. The Bertz CT molecular complexity index is 228. The molecule has 0 saturated heterocycles. The highest BCUT2D eigenvalue weighted by Crippen LogP contribution is 2.30. The van der Waals surface area contributed by atoms with Crippen molar-refractivity contribution in [2.75, 3.05) is 6.61 Å². The maximum absolute atomic E-state index is 11.8. The molecule has 0 bridgehead atoms. The van der Waals surface area contributed by atoms with E-state index in [2.05, 4.69) is 4.74 Å². The summed E-state index contributed by atoms with van der Waals surface area (Å²) in [5.74, 6) is -1.38. The van der Waals surface area contributed by atoms with Gasteiger partial charge in [-0.05, 0) is 12.8 Å². The van der Waals surface area contributed by atoms with E-state index in [0.717, 1.165) is 0 Å². The molecular weight excluding hydrogens is 217 g/mol.